The number of anilines is 2. The smallest absolute Gasteiger partial charge is 0.227 e. The van der Waals surface area contributed by atoms with Gasteiger partial charge in [-0.3, -0.25) is 4.79 Å². The first-order chi connectivity index (χ1) is 11.1. The summed E-state index contributed by atoms with van der Waals surface area (Å²) in [4.78, 5) is 23.3. The van der Waals surface area contributed by atoms with Gasteiger partial charge in [0.15, 0.2) is 0 Å². The molecule has 0 saturated carbocycles. The summed E-state index contributed by atoms with van der Waals surface area (Å²) < 4.78 is 1.00. The Morgan fingerprint density at radius 2 is 1.91 bits per heavy atom. The molecule has 1 fully saturated rings. The van der Waals surface area contributed by atoms with E-state index in [1.807, 2.05) is 37.3 Å². The third-order valence-electron chi connectivity index (χ3n) is 4.04. The maximum absolute atomic E-state index is 12.4. The topological polar surface area (TPSA) is 58.1 Å². The lowest BCUT2D eigenvalue weighted by Crippen LogP contribution is -2.39. The van der Waals surface area contributed by atoms with Crippen LogP contribution in [-0.4, -0.2) is 29.0 Å². The Hall–Kier alpha value is -1.95. The van der Waals surface area contributed by atoms with Gasteiger partial charge in [0, 0.05) is 41.1 Å². The molecule has 120 valence electrons. The highest BCUT2D eigenvalue weighted by Gasteiger charge is 2.26. The monoisotopic (exact) mass is 374 g/mol. The van der Waals surface area contributed by atoms with Crippen molar-refractivity contribution in [2.75, 3.05) is 23.3 Å². The van der Waals surface area contributed by atoms with Crippen LogP contribution in [0.25, 0.3) is 0 Å². The average Bonchev–Trinajstić information content (AvgIpc) is 2.57. The van der Waals surface area contributed by atoms with Gasteiger partial charge < -0.3 is 10.2 Å². The SMILES string of the molecule is Cc1ccnc(N2CCC(C(=O)Nc3ccc(Br)cc3)CC2)n1. The largest absolute Gasteiger partial charge is 0.341 e. The van der Waals surface area contributed by atoms with E-state index in [2.05, 4.69) is 36.1 Å². The van der Waals surface area contributed by atoms with Crippen LogP contribution in [-0.2, 0) is 4.79 Å². The van der Waals surface area contributed by atoms with Crippen LogP contribution in [0.5, 0.6) is 0 Å². The van der Waals surface area contributed by atoms with Crippen LogP contribution in [0.2, 0.25) is 0 Å². The zero-order valence-electron chi connectivity index (χ0n) is 13.0. The van der Waals surface area contributed by atoms with Crippen molar-refractivity contribution >= 4 is 33.5 Å². The number of nitrogens with one attached hydrogen (secondary N) is 1. The first-order valence-electron chi connectivity index (χ1n) is 7.73. The highest BCUT2D eigenvalue weighted by atomic mass is 79.9. The van der Waals surface area contributed by atoms with Crippen molar-refractivity contribution in [3.63, 3.8) is 0 Å². The lowest BCUT2D eigenvalue weighted by molar-refractivity contribution is -0.120. The Morgan fingerprint density at radius 1 is 1.22 bits per heavy atom. The maximum Gasteiger partial charge on any atom is 0.227 e. The summed E-state index contributed by atoms with van der Waals surface area (Å²) in [5, 5.41) is 2.99. The molecule has 1 N–H and O–H groups in total. The van der Waals surface area contributed by atoms with E-state index in [0.717, 1.165) is 47.7 Å². The number of hydrogen-bond acceptors (Lipinski definition) is 4. The molecule has 1 aromatic carbocycles. The zero-order chi connectivity index (χ0) is 16.2. The average molecular weight is 375 g/mol. The van der Waals surface area contributed by atoms with Gasteiger partial charge in [0.2, 0.25) is 11.9 Å². The van der Waals surface area contributed by atoms with Gasteiger partial charge in [-0.25, -0.2) is 9.97 Å². The third-order valence-corrected chi connectivity index (χ3v) is 4.57. The fraction of sp³-hybridized carbons (Fsp3) is 0.353. The Balaban J connectivity index is 1.56. The minimum Gasteiger partial charge on any atom is -0.341 e. The standard InChI is InChI=1S/C17H19BrN4O/c1-12-6-9-19-17(20-12)22-10-7-13(8-11-22)16(23)21-15-4-2-14(18)3-5-15/h2-6,9,13H,7-8,10-11H2,1H3,(H,21,23). The molecule has 0 spiro atoms. The second kappa shape index (κ2) is 7.08. The van der Waals surface area contributed by atoms with E-state index in [9.17, 15) is 4.79 Å². The van der Waals surface area contributed by atoms with Crippen LogP contribution in [0.4, 0.5) is 11.6 Å². The van der Waals surface area contributed by atoms with Crippen LogP contribution >= 0.6 is 15.9 Å². The number of benzene rings is 1. The van der Waals surface area contributed by atoms with Crippen molar-refractivity contribution in [1.29, 1.82) is 0 Å². The van der Waals surface area contributed by atoms with E-state index < -0.39 is 0 Å². The number of hydrogen-bond donors (Lipinski definition) is 1. The minimum atomic E-state index is 0.0414. The predicted octanol–water partition coefficient (Wildman–Crippen LogP) is 3.40. The molecule has 1 aromatic heterocycles. The van der Waals surface area contributed by atoms with Crippen LogP contribution in [0.3, 0.4) is 0 Å². The fourth-order valence-corrected chi connectivity index (χ4v) is 2.97. The van der Waals surface area contributed by atoms with Gasteiger partial charge >= 0.3 is 0 Å². The lowest BCUT2D eigenvalue weighted by Gasteiger charge is -2.31. The highest BCUT2D eigenvalue weighted by molar-refractivity contribution is 9.10. The Bertz CT molecular complexity index is 681. The van der Waals surface area contributed by atoms with Crippen molar-refractivity contribution in [2.24, 2.45) is 5.92 Å². The van der Waals surface area contributed by atoms with E-state index in [0.29, 0.717) is 0 Å². The number of carbonyl (C=O) groups excluding carboxylic acids is 1. The van der Waals surface area contributed by atoms with Crippen molar-refractivity contribution in [3.05, 3.63) is 46.7 Å². The normalized spacial score (nSPS) is 15.5. The number of rotatable bonds is 3. The molecule has 1 aliphatic rings. The van der Waals surface area contributed by atoms with Crippen molar-refractivity contribution in [2.45, 2.75) is 19.8 Å². The lowest BCUT2D eigenvalue weighted by atomic mass is 9.96. The molecule has 3 rings (SSSR count). The molecule has 1 aliphatic heterocycles. The highest BCUT2D eigenvalue weighted by Crippen LogP contribution is 2.22. The van der Waals surface area contributed by atoms with Gasteiger partial charge in [0.1, 0.15) is 0 Å². The molecule has 2 heterocycles. The molecule has 23 heavy (non-hydrogen) atoms. The first kappa shape index (κ1) is 15.9. The number of piperidine rings is 1. The molecule has 5 nitrogen and oxygen atoms in total. The van der Waals surface area contributed by atoms with Crippen molar-refractivity contribution in [3.8, 4) is 0 Å². The van der Waals surface area contributed by atoms with Gasteiger partial charge in [-0.2, -0.15) is 0 Å². The second-order valence-corrected chi connectivity index (χ2v) is 6.67. The first-order valence-corrected chi connectivity index (χ1v) is 8.52. The van der Waals surface area contributed by atoms with Gasteiger partial charge in [-0.1, -0.05) is 15.9 Å². The number of halogens is 1. The molecule has 6 heteroatoms. The van der Waals surface area contributed by atoms with Crippen molar-refractivity contribution < 1.29 is 4.79 Å². The molecule has 1 amide bonds. The second-order valence-electron chi connectivity index (χ2n) is 5.76. The fourth-order valence-electron chi connectivity index (χ4n) is 2.71. The van der Waals surface area contributed by atoms with E-state index in [1.165, 1.54) is 0 Å². The molecule has 0 bridgehead atoms. The number of aryl methyl sites for hydroxylation is 1. The summed E-state index contributed by atoms with van der Waals surface area (Å²) in [6.07, 6.45) is 3.42. The summed E-state index contributed by atoms with van der Waals surface area (Å²) in [5.74, 6) is 0.897. The summed E-state index contributed by atoms with van der Waals surface area (Å²) in [5.41, 5.74) is 1.80. The maximum atomic E-state index is 12.4. The Labute approximate surface area is 144 Å². The van der Waals surface area contributed by atoms with Crippen molar-refractivity contribution in [1.82, 2.24) is 9.97 Å². The van der Waals surface area contributed by atoms with Crippen LogP contribution < -0.4 is 10.2 Å². The molecular weight excluding hydrogens is 356 g/mol. The summed E-state index contributed by atoms with van der Waals surface area (Å²) in [7, 11) is 0. The third kappa shape index (κ3) is 4.07. The molecular formula is C17H19BrN4O. The summed E-state index contributed by atoms with van der Waals surface area (Å²) >= 11 is 3.39. The molecule has 1 saturated heterocycles. The van der Waals surface area contributed by atoms with Crippen LogP contribution in [0, 0.1) is 12.8 Å². The van der Waals surface area contributed by atoms with E-state index >= 15 is 0 Å². The molecule has 0 unspecified atom stereocenters. The number of aromatic nitrogens is 2. The van der Waals surface area contributed by atoms with Gasteiger partial charge in [-0.15, -0.1) is 0 Å². The molecule has 2 aromatic rings. The van der Waals surface area contributed by atoms with Crippen LogP contribution in [0.1, 0.15) is 18.5 Å². The summed E-state index contributed by atoms with van der Waals surface area (Å²) in [6.45, 7) is 3.58. The van der Waals surface area contributed by atoms with E-state index in [-0.39, 0.29) is 11.8 Å². The van der Waals surface area contributed by atoms with Gasteiger partial charge in [0.05, 0.1) is 0 Å². The zero-order valence-corrected chi connectivity index (χ0v) is 14.6. The minimum absolute atomic E-state index is 0.0414. The molecule has 0 aliphatic carbocycles. The van der Waals surface area contributed by atoms with Gasteiger partial charge in [-0.05, 0) is 50.1 Å². The predicted molar refractivity (Wildman–Crippen MR) is 94.5 cm³/mol. The number of amides is 1. The summed E-state index contributed by atoms with van der Waals surface area (Å²) in [6, 6.07) is 9.54. The number of carbonyl (C=O) groups is 1. The molecule has 0 atom stereocenters. The quantitative estimate of drug-likeness (QED) is 0.894. The number of nitrogens with zero attached hydrogens (tertiary/aromatic N) is 3. The van der Waals surface area contributed by atoms with Crippen LogP contribution in [0.15, 0.2) is 41.0 Å². The Morgan fingerprint density at radius 3 is 2.57 bits per heavy atom. The van der Waals surface area contributed by atoms with E-state index in [4.69, 9.17) is 0 Å². The Kier molecular flexibility index (Phi) is 4.91. The molecule has 0 radical (unpaired) electrons. The van der Waals surface area contributed by atoms with E-state index in [1.54, 1.807) is 6.20 Å². The van der Waals surface area contributed by atoms with Gasteiger partial charge in [0.25, 0.3) is 0 Å².